The molecular weight excluding hydrogens is 1010 g/mol. The summed E-state index contributed by atoms with van der Waals surface area (Å²) < 4.78 is 143. The van der Waals surface area contributed by atoms with Gasteiger partial charge in [0, 0.05) is 44.3 Å². The van der Waals surface area contributed by atoms with Crippen LogP contribution in [0.4, 0.5) is 0 Å². The molecule has 3 aromatic heterocycles. The van der Waals surface area contributed by atoms with Crippen LogP contribution in [0, 0.1) is 0 Å². The predicted octanol–water partition coefficient (Wildman–Crippen LogP) is -5.87. The molecule has 0 spiro atoms. The summed E-state index contributed by atoms with van der Waals surface area (Å²) in [5.74, 6) is 0. The molecule has 2 aliphatic heterocycles. The summed E-state index contributed by atoms with van der Waals surface area (Å²) in [5, 5.41) is 0. The monoisotopic (exact) mass is 1040 g/mol. The molecule has 0 unspecified atom stereocenters. The van der Waals surface area contributed by atoms with Gasteiger partial charge in [0.05, 0.1) is 42.4 Å². The van der Waals surface area contributed by atoms with Gasteiger partial charge in [0.2, 0.25) is 0 Å². The van der Waals surface area contributed by atoms with Crippen LogP contribution in [0.1, 0.15) is 22.8 Å². The van der Waals surface area contributed by atoms with Gasteiger partial charge in [-0.15, -0.1) is 0 Å². The van der Waals surface area contributed by atoms with Crippen LogP contribution in [0.3, 0.4) is 0 Å². The molecule has 0 aliphatic carbocycles. The van der Waals surface area contributed by atoms with Crippen molar-refractivity contribution in [2.45, 2.75) is 19.6 Å². The molecule has 5 heterocycles. The minimum atomic E-state index is -4.81. The summed E-state index contributed by atoms with van der Waals surface area (Å²) in [7, 11) is -19.2. The molecule has 0 atom stereocenters. The van der Waals surface area contributed by atoms with Gasteiger partial charge >= 0.3 is 118 Å². The Morgan fingerprint density at radius 3 is 0.754 bits per heavy atom. The van der Waals surface area contributed by atoms with E-state index in [1.807, 2.05) is 0 Å². The number of fused-ring (bicyclic) bond motifs is 8. The van der Waals surface area contributed by atoms with Gasteiger partial charge < -0.3 is 33.7 Å². The first-order valence-electron chi connectivity index (χ1n) is 18.6. The Labute approximate surface area is 484 Å². The number of nitrogens with one attached hydrogen (secondary N) is 2. The first-order chi connectivity index (χ1) is 30.2. The molecule has 4 aromatic carbocycles. The molecule has 0 radical (unpaired) electrons. The van der Waals surface area contributed by atoms with Gasteiger partial charge in [-0.3, -0.25) is 0 Å². The molecule has 4 N–H and O–H groups in total. The molecule has 330 valence electrons. The van der Waals surface area contributed by atoms with Crippen molar-refractivity contribution in [2.75, 3.05) is 0 Å². The minimum Gasteiger partial charge on any atom is -0.744 e. The molecule has 8 bridgehead atoms. The topological polar surface area (TPSA) is 318 Å². The van der Waals surface area contributed by atoms with E-state index in [1.54, 1.807) is 48.6 Å². The van der Waals surface area contributed by atoms with E-state index in [4.69, 9.17) is 9.97 Å². The van der Waals surface area contributed by atoms with E-state index in [-0.39, 0.29) is 124 Å². The van der Waals surface area contributed by atoms with Gasteiger partial charge in [-0.2, -0.15) is 0 Å². The molecule has 25 heteroatoms. The third-order valence-electron chi connectivity index (χ3n) is 10.5. The van der Waals surface area contributed by atoms with Crippen LogP contribution in [0.2, 0.25) is 0 Å². The fourth-order valence-corrected chi connectivity index (χ4v) is 9.45. The average molecular weight is 1040 g/mol. The molecule has 7 aromatic rings. The van der Waals surface area contributed by atoms with Crippen molar-refractivity contribution in [3.8, 4) is 44.5 Å². The Hall–Kier alpha value is -2.92. The van der Waals surface area contributed by atoms with Gasteiger partial charge in [-0.25, -0.2) is 43.6 Å². The van der Waals surface area contributed by atoms with Crippen LogP contribution in [0.15, 0.2) is 141 Å². The van der Waals surface area contributed by atoms with Gasteiger partial charge in [-0.1, -0.05) is 48.5 Å². The van der Waals surface area contributed by atoms with Crippen molar-refractivity contribution in [2.24, 2.45) is 0 Å². The van der Waals surface area contributed by atoms with Crippen LogP contribution in [-0.4, -0.2) is 77.3 Å². The van der Waals surface area contributed by atoms with E-state index in [0.29, 0.717) is 89.4 Å². The molecule has 0 fully saturated rings. The second kappa shape index (κ2) is 22.5. The molecule has 0 saturated carbocycles. The number of benzene rings is 4. The summed E-state index contributed by atoms with van der Waals surface area (Å²) in [6.07, 6.45) is 6.74. The maximum atomic E-state index is 11.9. The largest absolute Gasteiger partial charge is 1.00 e. The fraction of sp³-hybridized carbons (Fsp3) is 0. The van der Waals surface area contributed by atoms with Crippen molar-refractivity contribution < 1.29 is 176 Å². The van der Waals surface area contributed by atoms with Gasteiger partial charge in [0.25, 0.3) is 0 Å². The standard InChI is InChI=1S/C44H30N4O12S4.4Na.H2O/c49-61(50,51)29-9-1-25(2-10-29)41-33-17-19-35(45-33)42(26-3-11-30(12-4-26)62(52,53)54)37-21-23-39(47-37)44(28-7-15-32(16-8-28)64(58,59)60)40-24-22-38(48-40)43(36-20-18-34(41)46-36)27-5-13-31(14-6-27)63(55,56)57;;;;;/h1-24,45-46H,(H,49,50,51)(H,52,53,54)(H,55,56,57)(H,58,59,60);;;;;1H2/q;4*+1;/p-4. The molecular formula is C44H28N4Na4O13S4. The first-order valence-corrected chi connectivity index (χ1v) is 24.3. The van der Waals surface area contributed by atoms with Crippen LogP contribution >= 0.6 is 0 Å². The fourth-order valence-electron chi connectivity index (χ4n) is 7.57. The third kappa shape index (κ3) is 12.3. The molecule has 2 aliphatic rings. The van der Waals surface area contributed by atoms with Crippen LogP contribution < -0.4 is 118 Å². The van der Waals surface area contributed by atoms with E-state index in [0.717, 1.165) is 12.1 Å². The van der Waals surface area contributed by atoms with Crippen molar-refractivity contribution in [1.82, 2.24) is 19.9 Å². The predicted molar refractivity (Wildman–Crippen MR) is 236 cm³/mol. The second-order valence-corrected chi connectivity index (χ2v) is 19.9. The van der Waals surface area contributed by atoms with Crippen molar-refractivity contribution in [1.29, 1.82) is 0 Å². The summed E-state index contributed by atoms with van der Waals surface area (Å²) in [5.41, 5.74) is 6.76. The Balaban J connectivity index is 0.00000207. The van der Waals surface area contributed by atoms with Crippen molar-refractivity contribution in [3.05, 3.63) is 144 Å². The zero-order chi connectivity index (χ0) is 45.3. The molecule has 0 amide bonds. The molecule has 0 saturated heterocycles. The van der Waals surface area contributed by atoms with E-state index < -0.39 is 60.1 Å². The summed E-state index contributed by atoms with van der Waals surface area (Å²) >= 11 is 0. The number of aromatic nitrogens is 4. The quantitative estimate of drug-likeness (QED) is 0.106. The second-order valence-electron chi connectivity index (χ2n) is 14.4. The Bertz CT molecular complexity index is 3640. The van der Waals surface area contributed by atoms with Crippen molar-refractivity contribution >= 4 is 86.8 Å². The maximum absolute atomic E-state index is 11.9. The molecule has 17 nitrogen and oxygen atoms in total. The van der Waals surface area contributed by atoms with E-state index >= 15 is 0 Å². The number of H-pyrrole nitrogens is 2. The van der Waals surface area contributed by atoms with Crippen LogP contribution in [0.25, 0.3) is 90.9 Å². The van der Waals surface area contributed by atoms with E-state index in [9.17, 15) is 51.9 Å². The number of rotatable bonds is 8. The molecule has 9 rings (SSSR count). The van der Waals surface area contributed by atoms with Gasteiger partial charge in [-0.05, 0) is 119 Å². The zero-order valence-electron chi connectivity index (χ0n) is 36.8. The van der Waals surface area contributed by atoms with E-state index in [1.165, 1.54) is 84.9 Å². The summed E-state index contributed by atoms with van der Waals surface area (Å²) in [6.45, 7) is 0. The van der Waals surface area contributed by atoms with Gasteiger partial charge in [0.15, 0.2) is 0 Å². The number of hydrogen-bond donors (Lipinski definition) is 2. The number of aromatic amines is 2. The number of nitrogens with zero attached hydrogens (tertiary/aromatic N) is 2. The maximum Gasteiger partial charge on any atom is 1.00 e. The number of hydrogen-bond acceptors (Lipinski definition) is 14. The van der Waals surface area contributed by atoms with Gasteiger partial charge in [0.1, 0.15) is 40.5 Å². The summed E-state index contributed by atoms with van der Waals surface area (Å²) in [4.78, 5) is 15.0. The Morgan fingerprint density at radius 1 is 0.304 bits per heavy atom. The normalized spacial score (nSPS) is 12.1. The van der Waals surface area contributed by atoms with E-state index in [2.05, 4.69) is 9.97 Å². The van der Waals surface area contributed by atoms with Crippen LogP contribution in [-0.2, 0) is 40.5 Å². The van der Waals surface area contributed by atoms with Crippen molar-refractivity contribution in [3.63, 3.8) is 0 Å². The average Bonchev–Trinajstić information content (AvgIpc) is 4.08. The van der Waals surface area contributed by atoms with Crippen LogP contribution in [0.5, 0.6) is 0 Å². The first kappa shape index (κ1) is 58.6. The minimum absolute atomic E-state index is 0. The SMILES string of the molecule is O.O=S(=O)([O-])c1ccc(-c2c3nc(c(-c4ccc(S(=O)(=O)[O-])cc4)c4ccc([nH]4)c(-c4ccc(S(=O)(=O)[O-])cc4)c4ccc([nH]4)c(-c4ccc(S(=O)(=O)[O-])cc4)c4nc2C=C4)C=C3)cc1.[Na+].[Na+].[Na+].[Na+]. The summed E-state index contributed by atoms with van der Waals surface area (Å²) in [6, 6.07) is 27.9. The third-order valence-corrected chi connectivity index (χ3v) is 13.9. The zero-order valence-corrected chi connectivity index (χ0v) is 48.0. The Kier molecular flexibility index (Phi) is 19.1. The molecule has 69 heavy (non-hydrogen) atoms. The Morgan fingerprint density at radius 2 is 0.507 bits per heavy atom. The smallest absolute Gasteiger partial charge is 0.744 e.